The molecule has 4 aliphatic rings. The maximum atomic E-state index is 12.6. The van der Waals surface area contributed by atoms with Gasteiger partial charge in [-0.2, -0.15) is 0 Å². The van der Waals surface area contributed by atoms with Crippen LogP contribution in [0.15, 0.2) is 0 Å². The lowest BCUT2D eigenvalue weighted by molar-refractivity contribution is -0.189. The summed E-state index contributed by atoms with van der Waals surface area (Å²) in [6, 6.07) is 0. The number of hydrogen-bond donors (Lipinski definition) is 0. The highest BCUT2D eigenvalue weighted by Gasteiger charge is 2.68. The van der Waals surface area contributed by atoms with Gasteiger partial charge in [-0.15, -0.1) is 0 Å². The standard InChI is InChI=1S/C22H34O4/c1-21(2,3)19(23)25-17-13-10-14(18(17)26-20(24)22(4,5)6)16-12-8-7-11(9-12)15(13)16/h11-18H,7-10H2,1-6H3. The Balaban J connectivity index is 1.59. The second-order valence-electron chi connectivity index (χ2n) is 11.3. The Kier molecular flexibility index (Phi) is 4.03. The molecule has 4 bridgehead atoms. The first-order valence-electron chi connectivity index (χ1n) is 10.4. The van der Waals surface area contributed by atoms with E-state index in [1.165, 1.54) is 19.3 Å². The average molecular weight is 363 g/mol. The van der Waals surface area contributed by atoms with Crippen LogP contribution in [0.1, 0.15) is 67.2 Å². The third kappa shape index (κ3) is 2.70. The Labute approximate surface area is 157 Å². The summed E-state index contributed by atoms with van der Waals surface area (Å²) in [4.78, 5) is 25.2. The van der Waals surface area contributed by atoms with Gasteiger partial charge in [-0.3, -0.25) is 9.59 Å². The number of ether oxygens (including phenoxy) is 2. The van der Waals surface area contributed by atoms with Crippen LogP contribution >= 0.6 is 0 Å². The zero-order chi connectivity index (χ0) is 19.0. The maximum Gasteiger partial charge on any atom is 0.311 e. The van der Waals surface area contributed by atoms with E-state index in [1.807, 2.05) is 41.5 Å². The second-order valence-corrected chi connectivity index (χ2v) is 11.3. The van der Waals surface area contributed by atoms with E-state index in [1.54, 1.807) is 0 Å². The molecule has 4 nitrogen and oxygen atoms in total. The van der Waals surface area contributed by atoms with E-state index < -0.39 is 10.8 Å². The molecule has 4 heteroatoms. The topological polar surface area (TPSA) is 52.6 Å². The van der Waals surface area contributed by atoms with Crippen LogP contribution in [0.4, 0.5) is 0 Å². The molecule has 26 heavy (non-hydrogen) atoms. The number of carbonyl (C=O) groups is 2. The monoisotopic (exact) mass is 362 g/mol. The summed E-state index contributed by atoms with van der Waals surface area (Å²) < 4.78 is 12.1. The van der Waals surface area contributed by atoms with Crippen LogP contribution in [0, 0.1) is 46.3 Å². The largest absolute Gasteiger partial charge is 0.458 e. The van der Waals surface area contributed by atoms with Crippen molar-refractivity contribution in [2.75, 3.05) is 0 Å². The lowest BCUT2D eigenvalue weighted by Crippen LogP contribution is -2.50. The summed E-state index contributed by atoms with van der Waals surface area (Å²) in [5.74, 6) is 3.37. The van der Waals surface area contributed by atoms with Gasteiger partial charge in [0, 0.05) is 11.8 Å². The quantitative estimate of drug-likeness (QED) is 0.545. The minimum atomic E-state index is -0.533. The van der Waals surface area contributed by atoms with Gasteiger partial charge in [0.2, 0.25) is 0 Å². The summed E-state index contributed by atoms with van der Waals surface area (Å²) in [5, 5.41) is 0. The number of rotatable bonds is 2. The van der Waals surface area contributed by atoms with Gasteiger partial charge < -0.3 is 9.47 Å². The molecule has 0 N–H and O–H groups in total. The van der Waals surface area contributed by atoms with Gasteiger partial charge >= 0.3 is 11.9 Å². The van der Waals surface area contributed by atoms with E-state index in [-0.39, 0.29) is 24.1 Å². The zero-order valence-electron chi connectivity index (χ0n) is 17.1. The zero-order valence-corrected chi connectivity index (χ0v) is 17.1. The molecule has 0 heterocycles. The Hall–Kier alpha value is -1.06. The fourth-order valence-electron chi connectivity index (χ4n) is 6.38. The molecule has 0 radical (unpaired) electrons. The van der Waals surface area contributed by atoms with E-state index in [9.17, 15) is 9.59 Å². The van der Waals surface area contributed by atoms with Gasteiger partial charge in [0.25, 0.3) is 0 Å². The third-order valence-electron chi connectivity index (χ3n) is 7.46. The molecule has 0 spiro atoms. The molecule has 4 aliphatic carbocycles. The number of hydrogen-bond acceptors (Lipinski definition) is 4. The van der Waals surface area contributed by atoms with Crippen LogP contribution in [-0.4, -0.2) is 24.1 Å². The third-order valence-corrected chi connectivity index (χ3v) is 7.46. The lowest BCUT2D eigenvalue weighted by Gasteiger charge is -2.43. The molecular weight excluding hydrogens is 328 g/mol. The van der Waals surface area contributed by atoms with Crippen LogP contribution in [0.5, 0.6) is 0 Å². The van der Waals surface area contributed by atoms with E-state index in [0.717, 1.165) is 18.3 Å². The van der Waals surface area contributed by atoms with Crippen molar-refractivity contribution >= 4 is 11.9 Å². The van der Waals surface area contributed by atoms with E-state index in [2.05, 4.69) is 0 Å². The molecular formula is C22H34O4. The first kappa shape index (κ1) is 18.3. The minimum Gasteiger partial charge on any atom is -0.458 e. The van der Waals surface area contributed by atoms with Gasteiger partial charge in [0.15, 0.2) is 0 Å². The van der Waals surface area contributed by atoms with Crippen LogP contribution in [0.2, 0.25) is 0 Å². The predicted octanol–water partition coefficient (Wildman–Crippen LogP) is 4.21. The van der Waals surface area contributed by atoms with Crippen molar-refractivity contribution < 1.29 is 19.1 Å². The molecule has 8 unspecified atom stereocenters. The summed E-state index contributed by atoms with van der Waals surface area (Å²) in [5.41, 5.74) is -1.07. The van der Waals surface area contributed by atoms with Crippen molar-refractivity contribution in [2.45, 2.75) is 79.4 Å². The highest BCUT2D eigenvalue weighted by molar-refractivity contribution is 5.76. The number of carbonyl (C=O) groups excluding carboxylic acids is 2. The fraction of sp³-hybridized carbons (Fsp3) is 0.909. The molecule has 146 valence electrons. The van der Waals surface area contributed by atoms with Crippen molar-refractivity contribution in [3.63, 3.8) is 0 Å². The summed E-state index contributed by atoms with van der Waals surface area (Å²) in [6.07, 6.45) is 4.56. The molecule has 0 aromatic heterocycles. The van der Waals surface area contributed by atoms with Crippen molar-refractivity contribution in [3.05, 3.63) is 0 Å². The molecule has 0 amide bonds. The van der Waals surface area contributed by atoms with Crippen molar-refractivity contribution in [3.8, 4) is 0 Å². The van der Waals surface area contributed by atoms with Gasteiger partial charge in [0.05, 0.1) is 10.8 Å². The fourth-order valence-corrected chi connectivity index (χ4v) is 6.38. The van der Waals surface area contributed by atoms with Crippen molar-refractivity contribution in [2.24, 2.45) is 46.3 Å². The lowest BCUT2D eigenvalue weighted by atomic mass is 9.69. The van der Waals surface area contributed by atoms with E-state index in [4.69, 9.17) is 9.47 Å². The number of esters is 2. The van der Waals surface area contributed by atoms with Crippen LogP contribution in [0.25, 0.3) is 0 Å². The Bertz CT molecular complexity index is 559. The Morgan fingerprint density at radius 1 is 0.692 bits per heavy atom. The maximum absolute atomic E-state index is 12.6. The second kappa shape index (κ2) is 5.72. The highest BCUT2D eigenvalue weighted by atomic mass is 16.6. The van der Waals surface area contributed by atoms with Crippen molar-refractivity contribution in [1.29, 1.82) is 0 Å². The summed E-state index contributed by atoms with van der Waals surface area (Å²) in [6.45, 7) is 11.3. The van der Waals surface area contributed by atoms with Crippen LogP contribution < -0.4 is 0 Å². The molecule has 0 aromatic rings. The molecule has 8 atom stereocenters. The first-order valence-corrected chi connectivity index (χ1v) is 10.4. The van der Waals surface area contributed by atoms with Crippen LogP contribution in [-0.2, 0) is 19.1 Å². The molecule has 0 saturated heterocycles. The summed E-state index contributed by atoms with van der Waals surface area (Å²) in [7, 11) is 0. The van der Waals surface area contributed by atoms with Gasteiger partial charge in [-0.05, 0) is 90.9 Å². The Morgan fingerprint density at radius 3 is 1.42 bits per heavy atom. The molecule has 4 rings (SSSR count). The SMILES string of the molecule is CC(C)(C)C(=O)OC1C2CC(C1OC(=O)C(C)(C)C)C1C3CCC(C3)C21. The smallest absolute Gasteiger partial charge is 0.311 e. The number of fused-ring (bicyclic) bond motifs is 9. The predicted molar refractivity (Wildman–Crippen MR) is 98.1 cm³/mol. The molecule has 0 aromatic carbocycles. The molecule has 4 saturated carbocycles. The first-order chi connectivity index (χ1) is 12.0. The normalized spacial score (nSPS) is 43.5. The van der Waals surface area contributed by atoms with Crippen molar-refractivity contribution in [1.82, 2.24) is 0 Å². The molecule has 0 aliphatic heterocycles. The minimum absolute atomic E-state index is 0.174. The van der Waals surface area contributed by atoms with E-state index in [0.29, 0.717) is 23.7 Å². The highest BCUT2D eigenvalue weighted by Crippen LogP contribution is 2.68. The molecule has 4 fully saturated rings. The average Bonchev–Trinajstić information content (AvgIpc) is 3.23. The summed E-state index contributed by atoms with van der Waals surface area (Å²) >= 11 is 0. The van der Waals surface area contributed by atoms with E-state index >= 15 is 0 Å². The van der Waals surface area contributed by atoms with Gasteiger partial charge in [0.1, 0.15) is 12.2 Å². The Morgan fingerprint density at radius 2 is 1.08 bits per heavy atom. The van der Waals surface area contributed by atoms with Gasteiger partial charge in [-0.1, -0.05) is 0 Å². The van der Waals surface area contributed by atoms with Crippen LogP contribution in [0.3, 0.4) is 0 Å². The van der Waals surface area contributed by atoms with Gasteiger partial charge in [-0.25, -0.2) is 0 Å².